The van der Waals surface area contributed by atoms with Crippen LogP contribution in [-0.2, 0) is 16.4 Å². The topological polar surface area (TPSA) is 85.1 Å². The van der Waals surface area contributed by atoms with E-state index in [0.29, 0.717) is 23.2 Å². The van der Waals surface area contributed by atoms with Crippen LogP contribution in [-0.4, -0.2) is 25.2 Å². The highest BCUT2D eigenvalue weighted by Crippen LogP contribution is 2.21. The second-order valence-electron chi connectivity index (χ2n) is 5.42. The Hall–Kier alpha value is -2.22. The summed E-state index contributed by atoms with van der Waals surface area (Å²) in [5, 5.41) is 8.47. The number of halogens is 1. The van der Waals surface area contributed by atoms with Gasteiger partial charge in [0.2, 0.25) is 21.8 Å². The number of nitrogens with zero attached hydrogens (tertiary/aromatic N) is 2. The Morgan fingerprint density at radius 3 is 2.52 bits per heavy atom. The summed E-state index contributed by atoms with van der Waals surface area (Å²) in [6, 6.07) is 13.6. The molecule has 0 unspecified atom stereocenters. The fourth-order valence-corrected chi connectivity index (χ4v) is 3.42. The van der Waals surface area contributed by atoms with Gasteiger partial charge in [0.05, 0.1) is 4.90 Å². The van der Waals surface area contributed by atoms with Crippen LogP contribution >= 0.6 is 11.6 Å². The van der Waals surface area contributed by atoms with Gasteiger partial charge in [-0.25, -0.2) is 13.1 Å². The fourth-order valence-electron chi connectivity index (χ4n) is 2.27. The molecule has 3 aromatic rings. The molecule has 0 amide bonds. The number of rotatable bonds is 6. The maximum Gasteiger partial charge on any atom is 0.247 e. The zero-order valence-corrected chi connectivity index (χ0v) is 15.0. The molecule has 8 heteroatoms. The molecule has 1 N–H and O–H groups in total. The fraction of sp³-hybridized carbons (Fsp3) is 0.176. The Bertz CT molecular complexity index is 969. The lowest BCUT2D eigenvalue weighted by molar-refractivity contribution is 0.501. The molecule has 1 heterocycles. The number of hydrogen-bond donors (Lipinski definition) is 1. The molecule has 0 saturated heterocycles. The van der Waals surface area contributed by atoms with Crippen molar-refractivity contribution in [2.24, 2.45) is 0 Å². The number of sulfonamides is 1. The lowest BCUT2D eigenvalue weighted by atomic mass is 10.1. The van der Waals surface area contributed by atoms with Crippen LogP contribution in [0.4, 0.5) is 0 Å². The van der Waals surface area contributed by atoms with E-state index in [0.717, 1.165) is 11.1 Å². The van der Waals surface area contributed by atoms with Gasteiger partial charge >= 0.3 is 0 Å². The highest BCUT2D eigenvalue weighted by molar-refractivity contribution is 7.89. The van der Waals surface area contributed by atoms with E-state index in [1.54, 1.807) is 0 Å². The van der Waals surface area contributed by atoms with Gasteiger partial charge in [0.1, 0.15) is 0 Å². The van der Waals surface area contributed by atoms with E-state index in [2.05, 4.69) is 14.9 Å². The molecule has 130 valence electrons. The van der Waals surface area contributed by atoms with Gasteiger partial charge in [-0.2, -0.15) is 0 Å². The number of aromatic nitrogens is 2. The van der Waals surface area contributed by atoms with Gasteiger partial charge in [-0.1, -0.05) is 29.8 Å². The molecule has 0 spiro atoms. The molecule has 0 radical (unpaired) electrons. The van der Waals surface area contributed by atoms with Crippen LogP contribution in [0.15, 0.2) is 57.8 Å². The SMILES string of the molecule is Cc1ccccc1-c1nnc(CCNS(=O)(=O)c2ccc(Cl)cc2)o1. The predicted octanol–water partition coefficient (Wildman–Crippen LogP) is 3.22. The van der Waals surface area contributed by atoms with Crippen LogP contribution in [0.1, 0.15) is 11.5 Å². The highest BCUT2D eigenvalue weighted by atomic mass is 35.5. The lowest BCUT2D eigenvalue weighted by Crippen LogP contribution is -2.26. The van der Waals surface area contributed by atoms with E-state index in [4.69, 9.17) is 16.0 Å². The molecular weight excluding hydrogens is 362 g/mol. The summed E-state index contributed by atoms with van der Waals surface area (Å²) >= 11 is 5.77. The maximum absolute atomic E-state index is 12.2. The molecule has 0 aliphatic heterocycles. The summed E-state index contributed by atoms with van der Waals surface area (Å²) in [5.41, 5.74) is 1.89. The third-order valence-corrected chi connectivity index (χ3v) is 5.33. The van der Waals surface area contributed by atoms with Crippen molar-refractivity contribution in [3.63, 3.8) is 0 Å². The standard InChI is InChI=1S/C17H16ClN3O3S/c1-12-4-2-3-5-15(12)17-21-20-16(24-17)10-11-19-25(22,23)14-8-6-13(18)7-9-14/h2-9,19H,10-11H2,1H3. The largest absolute Gasteiger partial charge is 0.421 e. The molecule has 0 fully saturated rings. The number of benzene rings is 2. The minimum absolute atomic E-state index is 0.153. The maximum atomic E-state index is 12.2. The van der Waals surface area contributed by atoms with E-state index in [1.807, 2.05) is 31.2 Å². The van der Waals surface area contributed by atoms with E-state index in [9.17, 15) is 8.42 Å². The third-order valence-electron chi connectivity index (χ3n) is 3.60. The second-order valence-corrected chi connectivity index (χ2v) is 7.62. The molecule has 3 rings (SSSR count). The summed E-state index contributed by atoms with van der Waals surface area (Å²) in [7, 11) is -3.60. The van der Waals surface area contributed by atoms with Crippen molar-refractivity contribution in [1.29, 1.82) is 0 Å². The van der Waals surface area contributed by atoms with Crippen molar-refractivity contribution < 1.29 is 12.8 Å². The minimum Gasteiger partial charge on any atom is -0.421 e. The molecule has 0 saturated carbocycles. The van der Waals surface area contributed by atoms with Gasteiger partial charge in [0.25, 0.3) is 0 Å². The zero-order chi connectivity index (χ0) is 17.9. The molecule has 0 aliphatic rings. The lowest BCUT2D eigenvalue weighted by Gasteiger charge is -2.05. The number of nitrogens with one attached hydrogen (secondary N) is 1. The van der Waals surface area contributed by atoms with E-state index in [1.165, 1.54) is 24.3 Å². The van der Waals surface area contributed by atoms with Gasteiger partial charge in [-0.05, 0) is 42.8 Å². The van der Waals surface area contributed by atoms with E-state index >= 15 is 0 Å². The predicted molar refractivity (Wildman–Crippen MR) is 94.8 cm³/mol. The normalized spacial score (nSPS) is 11.6. The first-order valence-corrected chi connectivity index (χ1v) is 9.45. The molecule has 25 heavy (non-hydrogen) atoms. The summed E-state index contributed by atoms with van der Waals surface area (Å²) in [5.74, 6) is 0.797. The summed E-state index contributed by atoms with van der Waals surface area (Å²) in [6.07, 6.45) is 0.297. The number of hydrogen-bond acceptors (Lipinski definition) is 5. The van der Waals surface area contributed by atoms with Crippen molar-refractivity contribution in [3.05, 3.63) is 65.0 Å². The van der Waals surface area contributed by atoms with Crippen LogP contribution in [0.3, 0.4) is 0 Å². The molecule has 0 bridgehead atoms. The van der Waals surface area contributed by atoms with Gasteiger partial charge in [-0.15, -0.1) is 10.2 Å². The Morgan fingerprint density at radius 1 is 1.08 bits per heavy atom. The average molecular weight is 378 g/mol. The van der Waals surface area contributed by atoms with Gasteiger partial charge < -0.3 is 4.42 Å². The Kier molecular flexibility index (Phi) is 5.17. The Balaban J connectivity index is 1.63. The summed E-state index contributed by atoms with van der Waals surface area (Å²) in [4.78, 5) is 0.156. The molecular formula is C17H16ClN3O3S. The minimum atomic E-state index is -3.60. The molecule has 0 aliphatic carbocycles. The monoisotopic (exact) mass is 377 g/mol. The quantitative estimate of drug-likeness (QED) is 0.712. The smallest absolute Gasteiger partial charge is 0.247 e. The van der Waals surface area contributed by atoms with Crippen molar-refractivity contribution >= 4 is 21.6 Å². The average Bonchev–Trinajstić information content (AvgIpc) is 3.04. The van der Waals surface area contributed by atoms with Crippen molar-refractivity contribution in [3.8, 4) is 11.5 Å². The van der Waals surface area contributed by atoms with E-state index < -0.39 is 10.0 Å². The molecule has 6 nitrogen and oxygen atoms in total. The second kappa shape index (κ2) is 7.35. The third kappa shape index (κ3) is 4.25. The molecule has 2 aromatic carbocycles. The van der Waals surface area contributed by atoms with Gasteiger partial charge in [-0.3, -0.25) is 0 Å². The highest BCUT2D eigenvalue weighted by Gasteiger charge is 2.15. The van der Waals surface area contributed by atoms with Crippen LogP contribution in [0.2, 0.25) is 5.02 Å². The number of aryl methyl sites for hydroxylation is 1. The summed E-state index contributed by atoms with van der Waals surface area (Å²) in [6.45, 7) is 2.11. The van der Waals surface area contributed by atoms with Crippen LogP contribution < -0.4 is 4.72 Å². The first-order chi connectivity index (χ1) is 12.0. The van der Waals surface area contributed by atoms with Crippen molar-refractivity contribution in [1.82, 2.24) is 14.9 Å². The van der Waals surface area contributed by atoms with Crippen molar-refractivity contribution in [2.75, 3.05) is 6.54 Å². The van der Waals surface area contributed by atoms with Crippen molar-refractivity contribution in [2.45, 2.75) is 18.2 Å². The Morgan fingerprint density at radius 2 is 1.80 bits per heavy atom. The molecule has 1 aromatic heterocycles. The van der Waals surface area contributed by atoms with Crippen LogP contribution in [0.5, 0.6) is 0 Å². The molecule has 0 atom stereocenters. The summed E-state index contributed by atoms with van der Waals surface area (Å²) < 4.78 is 32.5. The van der Waals surface area contributed by atoms with E-state index in [-0.39, 0.29) is 11.4 Å². The first-order valence-electron chi connectivity index (χ1n) is 7.59. The first kappa shape index (κ1) is 17.6. The Labute approximate surface area is 150 Å². The van der Waals surface area contributed by atoms with Gasteiger partial charge in [0, 0.05) is 23.6 Å². The van der Waals surface area contributed by atoms with Gasteiger partial charge in [0.15, 0.2) is 0 Å². The van der Waals surface area contributed by atoms with Crippen LogP contribution in [0, 0.1) is 6.92 Å². The zero-order valence-electron chi connectivity index (χ0n) is 13.4. The van der Waals surface area contributed by atoms with Crippen LogP contribution in [0.25, 0.3) is 11.5 Å².